The maximum atomic E-state index is 12.1. The molecule has 6 heteroatoms. The van der Waals surface area contributed by atoms with Gasteiger partial charge in [0.05, 0.1) is 16.1 Å². The molecule has 0 radical (unpaired) electrons. The van der Waals surface area contributed by atoms with Gasteiger partial charge in [0, 0.05) is 17.9 Å². The number of aromatic nitrogens is 1. The molecule has 1 aromatic carbocycles. The summed E-state index contributed by atoms with van der Waals surface area (Å²) < 4.78 is 0. The van der Waals surface area contributed by atoms with Crippen LogP contribution in [-0.4, -0.2) is 15.9 Å². The fourth-order valence-corrected chi connectivity index (χ4v) is 4.00. The van der Waals surface area contributed by atoms with Gasteiger partial charge in [0.2, 0.25) is 5.91 Å². The Hall–Kier alpha value is -2.37. The summed E-state index contributed by atoms with van der Waals surface area (Å²) >= 11 is 8.08. The molecule has 3 heterocycles. The van der Waals surface area contributed by atoms with Gasteiger partial charge in [0.15, 0.2) is 0 Å². The molecule has 1 aliphatic rings. The molecule has 1 amide bonds. The molecule has 0 bridgehead atoms. The summed E-state index contributed by atoms with van der Waals surface area (Å²) in [7, 11) is 0. The van der Waals surface area contributed by atoms with Crippen molar-refractivity contribution < 1.29 is 4.79 Å². The number of thiophene rings is 1. The summed E-state index contributed by atoms with van der Waals surface area (Å²) in [4.78, 5) is 17.7. The highest BCUT2D eigenvalue weighted by Gasteiger charge is 2.31. The number of nitrogens with one attached hydrogen (secondary N) is 1. The lowest BCUT2D eigenvalue weighted by Crippen LogP contribution is -2.37. The highest BCUT2D eigenvalue weighted by molar-refractivity contribution is 7.11. The zero-order chi connectivity index (χ0) is 17.6. The number of hydrazine groups is 1. The predicted octanol–water partition coefficient (Wildman–Crippen LogP) is 4.71. The molecule has 0 fully saturated rings. The van der Waals surface area contributed by atoms with E-state index < -0.39 is 0 Å². The van der Waals surface area contributed by atoms with Crippen LogP contribution >= 0.6 is 22.9 Å². The molecular weight excluding hydrogens is 354 g/mol. The second kappa shape index (κ2) is 6.17. The SMILES string of the molecule is CC(=O)N1NC(c2cccs2)=C[C@@H]1c1cc2cc(C)ccc2nc1Cl. The molecule has 25 heavy (non-hydrogen) atoms. The maximum absolute atomic E-state index is 12.1. The van der Waals surface area contributed by atoms with E-state index in [0.29, 0.717) is 5.15 Å². The third kappa shape index (κ3) is 2.90. The number of hydrogen-bond donors (Lipinski definition) is 1. The fourth-order valence-electron chi connectivity index (χ4n) is 3.04. The summed E-state index contributed by atoms with van der Waals surface area (Å²) in [6.45, 7) is 3.58. The van der Waals surface area contributed by atoms with Gasteiger partial charge in [-0.15, -0.1) is 11.3 Å². The number of fused-ring (bicyclic) bond motifs is 1. The van der Waals surface area contributed by atoms with E-state index >= 15 is 0 Å². The first kappa shape index (κ1) is 16.1. The first-order valence-electron chi connectivity index (χ1n) is 7.92. The van der Waals surface area contributed by atoms with Gasteiger partial charge < -0.3 is 0 Å². The molecule has 4 rings (SSSR count). The van der Waals surface area contributed by atoms with E-state index in [9.17, 15) is 4.79 Å². The van der Waals surface area contributed by atoms with Crippen molar-refractivity contribution in [1.29, 1.82) is 0 Å². The van der Waals surface area contributed by atoms with Gasteiger partial charge in [0.25, 0.3) is 0 Å². The molecule has 0 aliphatic carbocycles. The van der Waals surface area contributed by atoms with Crippen molar-refractivity contribution in [3.63, 3.8) is 0 Å². The number of rotatable bonds is 2. The average Bonchev–Trinajstić information content (AvgIpc) is 3.23. The van der Waals surface area contributed by atoms with Crippen molar-refractivity contribution in [2.24, 2.45) is 0 Å². The minimum Gasteiger partial charge on any atom is -0.294 e. The van der Waals surface area contributed by atoms with Crippen LogP contribution in [0.25, 0.3) is 16.6 Å². The molecule has 3 aromatic rings. The van der Waals surface area contributed by atoms with Crippen LogP contribution in [0.3, 0.4) is 0 Å². The Morgan fingerprint density at radius 2 is 2.16 bits per heavy atom. The summed E-state index contributed by atoms with van der Waals surface area (Å²) in [5, 5.41) is 5.04. The van der Waals surface area contributed by atoms with Gasteiger partial charge >= 0.3 is 0 Å². The van der Waals surface area contributed by atoms with Crippen molar-refractivity contribution in [3.05, 3.63) is 69.0 Å². The van der Waals surface area contributed by atoms with E-state index in [4.69, 9.17) is 11.6 Å². The molecule has 0 saturated heterocycles. The Morgan fingerprint density at radius 3 is 2.88 bits per heavy atom. The van der Waals surface area contributed by atoms with Crippen molar-refractivity contribution in [2.45, 2.75) is 19.9 Å². The van der Waals surface area contributed by atoms with Gasteiger partial charge in [-0.2, -0.15) is 0 Å². The number of carbonyl (C=O) groups is 1. The Labute approximate surface area is 154 Å². The number of carbonyl (C=O) groups excluding carboxylic acids is 1. The third-order valence-corrected chi connectivity index (χ3v) is 5.44. The molecule has 0 saturated carbocycles. The molecule has 1 atom stereocenters. The minimum absolute atomic E-state index is 0.0757. The van der Waals surface area contributed by atoms with Crippen LogP contribution in [0, 0.1) is 6.92 Å². The van der Waals surface area contributed by atoms with Gasteiger partial charge in [-0.3, -0.25) is 10.2 Å². The average molecular weight is 370 g/mol. The van der Waals surface area contributed by atoms with Crippen molar-refractivity contribution in [3.8, 4) is 0 Å². The molecule has 0 spiro atoms. The number of pyridine rings is 1. The number of halogens is 1. The lowest BCUT2D eigenvalue weighted by molar-refractivity contribution is -0.132. The highest BCUT2D eigenvalue weighted by atomic mass is 35.5. The summed E-state index contributed by atoms with van der Waals surface area (Å²) in [6, 6.07) is 11.8. The summed E-state index contributed by atoms with van der Waals surface area (Å²) in [5.41, 5.74) is 6.93. The van der Waals surface area contributed by atoms with Crippen LogP contribution in [0.1, 0.15) is 29.0 Å². The third-order valence-electron chi connectivity index (χ3n) is 4.24. The van der Waals surface area contributed by atoms with E-state index in [1.54, 1.807) is 16.3 Å². The van der Waals surface area contributed by atoms with Crippen LogP contribution in [0.4, 0.5) is 0 Å². The lowest BCUT2D eigenvalue weighted by atomic mass is 10.0. The van der Waals surface area contributed by atoms with Gasteiger partial charge in [0.1, 0.15) is 11.2 Å². The smallest absolute Gasteiger partial charge is 0.238 e. The van der Waals surface area contributed by atoms with Gasteiger partial charge in [-0.1, -0.05) is 29.3 Å². The van der Waals surface area contributed by atoms with E-state index in [1.165, 1.54) is 6.92 Å². The van der Waals surface area contributed by atoms with Crippen molar-refractivity contribution in [1.82, 2.24) is 15.4 Å². The Morgan fingerprint density at radius 1 is 1.32 bits per heavy atom. The standard InChI is InChI=1S/C19H16ClN3OS/c1-11-5-6-15-13(8-11)9-14(19(20)21-15)17-10-16(18-4-3-7-25-18)22-23(17)12(2)24/h3-10,17,22H,1-2H3/t17-/m1/s1. The molecule has 2 aromatic heterocycles. The Kier molecular flexibility index (Phi) is 3.98. The first-order valence-corrected chi connectivity index (χ1v) is 9.17. The molecule has 126 valence electrons. The lowest BCUT2D eigenvalue weighted by Gasteiger charge is -2.24. The molecule has 0 unspecified atom stereocenters. The van der Waals surface area contributed by atoms with E-state index in [1.807, 2.05) is 48.7 Å². The molecule has 4 nitrogen and oxygen atoms in total. The van der Waals surface area contributed by atoms with Crippen LogP contribution in [0.5, 0.6) is 0 Å². The number of aryl methyl sites for hydroxylation is 1. The quantitative estimate of drug-likeness (QED) is 0.665. The normalized spacial score (nSPS) is 16.8. The molecule has 1 aliphatic heterocycles. The largest absolute Gasteiger partial charge is 0.294 e. The van der Waals surface area contributed by atoms with E-state index in [2.05, 4.69) is 16.5 Å². The second-order valence-corrected chi connectivity index (χ2v) is 7.37. The Balaban J connectivity index is 1.84. The predicted molar refractivity (Wildman–Crippen MR) is 102 cm³/mol. The summed E-state index contributed by atoms with van der Waals surface area (Å²) in [5.74, 6) is -0.0757. The fraction of sp³-hybridized carbons (Fsp3) is 0.158. The zero-order valence-electron chi connectivity index (χ0n) is 13.8. The van der Waals surface area contributed by atoms with Crippen molar-refractivity contribution >= 4 is 45.4 Å². The molecular formula is C19H16ClN3OS. The highest BCUT2D eigenvalue weighted by Crippen LogP contribution is 2.36. The van der Waals surface area contributed by atoms with E-state index in [-0.39, 0.29) is 11.9 Å². The second-order valence-electron chi connectivity index (χ2n) is 6.07. The van der Waals surface area contributed by atoms with Crippen LogP contribution in [0.2, 0.25) is 5.15 Å². The molecule has 1 N–H and O–H groups in total. The Bertz CT molecular complexity index is 997. The van der Waals surface area contributed by atoms with Gasteiger partial charge in [-0.05, 0) is 42.6 Å². The van der Waals surface area contributed by atoms with Crippen LogP contribution < -0.4 is 5.43 Å². The van der Waals surface area contributed by atoms with Crippen LogP contribution in [-0.2, 0) is 4.79 Å². The van der Waals surface area contributed by atoms with Crippen molar-refractivity contribution in [2.75, 3.05) is 0 Å². The van der Waals surface area contributed by atoms with Crippen LogP contribution in [0.15, 0.2) is 47.9 Å². The summed E-state index contributed by atoms with van der Waals surface area (Å²) in [6.07, 6.45) is 2.03. The number of amides is 1. The number of nitrogens with zero attached hydrogens (tertiary/aromatic N) is 2. The van der Waals surface area contributed by atoms with E-state index in [0.717, 1.165) is 32.6 Å². The first-order chi connectivity index (χ1) is 12.0. The zero-order valence-corrected chi connectivity index (χ0v) is 15.4. The maximum Gasteiger partial charge on any atom is 0.238 e. The number of benzene rings is 1. The monoisotopic (exact) mass is 369 g/mol. The minimum atomic E-state index is -0.292. The van der Waals surface area contributed by atoms with Gasteiger partial charge in [-0.25, -0.2) is 9.99 Å². The number of hydrogen-bond acceptors (Lipinski definition) is 4. The topological polar surface area (TPSA) is 45.2 Å².